The number of carbonyl (C=O) groups excluding carboxylic acids is 1. The largest absolute Gasteiger partial charge is 0.465 e. The Morgan fingerprint density at radius 2 is 1.78 bits per heavy atom. The molecule has 0 heterocycles. The van der Waals surface area contributed by atoms with Crippen molar-refractivity contribution in [2.24, 2.45) is 0 Å². The maximum Gasteiger partial charge on any atom is 0.337 e. The molecule has 0 bridgehead atoms. The number of ether oxygens (including phenoxy) is 1. The Hall–Kier alpha value is -2.09. The third-order valence-corrected chi connectivity index (χ3v) is 2.93. The van der Waals surface area contributed by atoms with Crippen LogP contribution < -0.4 is 0 Å². The highest BCUT2D eigenvalue weighted by molar-refractivity contribution is 5.91. The van der Waals surface area contributed by atoms with E-state index < -0.39 is 0 Å². The molecule has 0 aliphatic heterocycles. The number of aryl methyl sites for hydroxylation is 1. The first-order chi connectivity index (χ1) is 8.74. The van der Waals surface area contributed by atoms with E-state index in [4.69, 9.17) is 4.74 Å². The molecular formula is C16H16O2. The molecule has 92 valence electrons. The Bertz CT molecular complexity index is 544. The van der Waals surface area contributed by atoms with E-state index in [0.717, 1.165) is 23.1 Å². The molecule has 2 rings (SSSR count). The van der Waals surface area contributed by atoms with E-state index in [2.05, 4.69) is 13.0 Å². The van der Waals surface area contributed by atoms with Gasteiger partial charge >= 0.3 is 5.97 Å². The summed E-state index contributed by atoms with van der Waals surface area (Å²) in [7, 11) is 1.41. The van der Waals surface area contributed by atoms with Gasteiger partial charge in [0.1, 0.15) is 0 Å². The van der Waals surface area contributed by atoms with Gasteiger partial charge in [-0.25, -0.2) is 4.79 Å². The zero-order valence-corrected chi connectivity index (χ0v) is 10.6. The van der Waals surface area contributed by atoms with Crippen LogP contribution in [0.3, 0.4) is 0 Å². The van der Waals surface area contributed by atoms with Gasteiger partial charge in [0, 0.05) is 0 Å². The zero-order valence-electron chi connectivity index (χ0n) is 10.6. The van der Waals surface area contributed by atoms with Crippen molar-refractivity contribution in [3.63, 3.8) is 0 Å². The van der Waals surface area contributed by atoms with Gasteiger partial charge in [-0.1, -0.05) is 43.3 Å². The number of methoxy groups -OCH3 is 1. The third kappa shape index (κ3) is 2.59. The van der Waals surface area contributed by atoms with Gasteiger partial charge in [0.05, 0.1) is 12.7 Å². The lowest BCUT2D eigenvalue weighted by atomic mass is 9.99. The van der Waals surface area contributed by atoms with Gasteiger partial charge in [-0.2, -0.15) is 0 Å². The second-order valence-corrected chi connectivity index (χ2v) is 4.13. The van der Waals surface area contributed by atoms with E-state index in [0.29, 0.717) is 5.56 Å². The van der Waals surface area contributed by atoms with Gasteiger partial charge in [-0.3, -0.25) is 0 Å². The molecule has 0 radical (unpaired) electrons. The van der Waals surface area contributed by atoms with E-state index in [1.807, 2.05) is 42.5 Å². The summed E-state index contributed by atoms with van der Waals surface area (Å²) < 4.78 is 4.79. The Morgan fingerprint density at radius 3 is 2.39 bits per heavy atom. The topological polar surface area (TPSA) is 26.3 Å². The summed E-state index contributed by atoms with van der Waals surface area (Å²) in [5.41, 5.74) is 3.90. The molecule has 0 aliphatic carbocycles. The summed E-state index contributed by atoms with van der Waals surface area (Å²) in [5.74, 6) is -0.289. The van der Waals surface area contributed by atoms with Crippen LogP contribution in [0.5, 0.6) is 0 Å². The lowest BCUT2D eigenvalue weighted by Gasteiger charge is -2.08. The molecule has 0 aliphatic rings. The Kier molecular flexibility index (Phi) is 3.78. The van der Waals surface area contributed by atoms with Crippen molar-refractivity contribution in [3.05, 3.63) is 59.7 Å². The second-order valence-electron chi connectivity index (χ2n) is 4.13. The molecule has 0 spiro atoms. The van der Waals surface area contributed by atoms with Crippen LogP contribution in [0, 0.1) is 0 Å². The van der Waals surface area contributed by atoms with Crippen LogP contribution in [0.4, 0.5) is 0 Å². The minimum absolute atomic E-state index is 0.289. The molecule has 0 aromatic heterocycles. The fourth-order valence-corrected chi connectivity index (χ4v) is 1.93. The molecular weight excluding hydrogens is 224 g/mol. The van der Waals surface area contributed by atoms with Crippen LogP contribution in [-0.2, 0) is 11.2 Å². The Morgan fingerprint density at radius 1 is 1.06 bits per heavy atom. The molecule has 0 saturated carbocycles. The maximum atomic E-state index is 11.6. The number of carbonyl (C=O) groups is 1. The monoisotopic (exact) mass is 240 g/mol. The lowest BCUT2D eigenvalue weighted by molar-refractivity contribution is 0.0600. The molecule has 0 fully saturated rings. The van der Waals surface area contributed by atoms with Gasteiger partial charge in [0.25, 0.3) is 0 Å². The minimum atomic E-state index is -0.289. The van der Waals surface area contributed by atoms with Crippen molar-refractivity contribution >= 4 is 5.97 Å². The van der Waals surface area contributed by atoms with E-state index >= 15 is 0 Å². The van der Waals surface area contributed by atoms with Crippen molar-refractivity contribution in [1.29, 1.82) is 0 Å². The maximum absolute atomic E-state index is 11.6. The normalized spacial score (nSPS) is 10.1. The highest BCUT2D eigenvalue weighted by atomic mass is 16.5. The molecule has 0 saturated heterocycles. The van der Waals surface area contributed by atoms with Crippen LogP contribution in [0.2, 0.25) is 0 Å². The number of hydrogen-bond acceptors (Lipinski definition) is 2. The highest BCUT2D eigenvalue weighted by Crippen LogP contribution is 2.23. The van der Waals surface area contributed by atoms with E-state index in [9.17, 15) is 4.79 Å². The van der Waals surface area contributed by atoms with Crippen LogP contribution in [-0.4, -0.2) is 13.1 Å². The van der Waals surface area contributed by atoms with Crippen LogP contribution >= 0.6 is 0 Å². The summed E-state index contributed by atoms with van der Waals surface area (Å²) in [6.45, 7) is 2.07. The molecule has 2 nitrogen and oxygen atoms in total. The number of rotatable bonds is 3. The summed E-state index contributed by atoms with van der Waals surface area (Å²) in [4.78, 5) is 11.6. The molecule has 0 N–H and O–H groups in total. The SMILES string of the molecule is CCc1cc(C(=O)OC)cc(-c2ccccc2)c1. The number of benzene rings is 2. The van der Waals surface area contributed by atoms with Gasteiger partial charge < -0.3 is 4.74 Å². The average molecular weight is 240 g/mol. The average Bonchev–Trinajstić information content (AvgIpc) is 2.46. The van der Waals surface area contributed by atoms with E-state index in [1.54, 1.807) is 0 Å². The quantitative estimate of drug-likeness (QED) is 0.764. The van der Waals surface area contributed by atoms with Gasteiger partial charge in [0.2, 0.25) is 0 Å². The van der Waals surface area contributed by atoms with Crippen molar-refractivity contribution in [3.8, 4) is 11.1 Å². The summed E-state index contributed by atoms with van der Waals surface area (Å²) >= 11 is 0. The highest BCUT2D eigenvalue weighted by Gasteiger charge is 2.09. The van der Waals surface area contributed by atoms with Crippen molar-refractivity contribution < 1.29 is 9.53 Å². The summed E-state index contributed by atoms with van der Waals surface area (Å²) in [6.07, 6.45) is 0.894. The van der Waals surface area contributed by atoms with Crippen molar-refractivity contribution in [1.82, 2.24) is 0 Å². The molecule has 2 aromatic carbocycles. The molecule has 18 heavy (non-hydrogen) atoms. The lowest BCUT2D eigenvalue weighted by Crippen LogP contribution is -2.02. The first kappa shape index (κ1) is 12.4. The van der Waals surface area contributed by atoms with Gasteiger partial charge in [-0.15, -0.1) is 0 Å². The van der Waals surface area contributed by atoms with Crippen LogP contribution in [0.1, 0.15) is 22.8 Å². The van der Waals surface area contributed by atoms with Gasteiger partial charge in [0.15, 0.2) is 0 Å². The summed E-state index contributed by atoms with van der Waals surface area (Å²) in [5, 5.41) is 0. The van der Waals surface area contributed by atoms with E-state index in [-0.39, 0.29) is 5.97 Å². The molecule has 0 unspecified atom stereocenters. The van der Waals surface area contributed by atoms with E-state index in [1.165, 1.54) is 7.11 Å². The molecule has 0 amide bonds. The van der Waals surface area contributed by atoms with Gasteiger partial charge in [-0.05, 0) is 35.2 Å². The second kappa shape index (κ2) is 5.50. The first-order valence-electron chi connectivity index (χ1n) is 6.02. The fourth-order valence-electron chi connectivity index (χ4n) is 1.93. The van der Waals surface area contributed by atoms with Crippen LogP contribution in [0.25, 0.3) is 11.1 Å². The summed E-state index contributed by atoms with van der Waals surface area (Å²) in [6, 6.07) is 15.9. The Balaban J connectivity index is 2.51. The Labute approximate surface area is 107 Å². The fraction of sp³-hybridized carbons (Fsp3) is 0.188. The third-order valence-electron chi connectivity index (χ3n) is 2.93. The molecule has 2 heteroatoms. The van der Waals surface area contributed by atoms with Crippen molar-refractivity contribution in [2.45, 2.75) is 13.3 Å². The van der Waals surface area contributed by atoms with Crippen LogP contribution in [0.15, 0.2) is 48.5 Å². The molecule has 2 aromatic rings. The first-order valence-corrected chi connectivity index (χ1v) is 6.02. The number of esters is 1. The molecule has 0 atom stereocenters. The van der Waals surface area contributed by atoms with Crippen molar-refractivity contribution in [2.75, 3.05) is 7.11 Å². The number of hydrogen-bond donors (Lipinski definition) is 0. The minimum Gasteiger partial charge on any atom is -0.465 e. The smallest absolute Gasteiger partial charge is 0.337 e. The zero-order chi connectivity index (χ0) is 13.0. The standard InChI is InChI=1S/C16H16O2/c1-3-12-9-14(13-7-5-4-6-8-13)11-15(10-12)16(17)18-2/h4-11H,3H2,1-2H3. The predicted octanol–water partition coefficient (Wildman–Crippen LogP) is 3.70. The predicted molar refractivity (Wildman–Crippen MR) is 72.6 cm³/mol.